The molecule has 0 atom stereocenters. The van der Waals surface area contributed by atoms with Gasteiger partial charge in [0, 0.05) is 25.6 Å². The van der Waals surface area contributed by atoms with Crippen LogP contribution in [0.1, 0.15) is 24.0 Å². The van der Waals surface area contributed by atoms with Crippen LogP contribution in [0.2, 0.25) is 5.02 Å². The Labute approximate surface area is 188 Å². The average molecular weight is 493 g/mol. The van der Waals surface area contributed by atoms with E-state index < -0.39 is 37.6 Å². The average Bonchev–Trinajstić information content (AvgIpc) is 2.74. The molecule has 1 heterocycles. The maximum absolute atomic E-state index is 13.6. The van der Waals surface area contributed by atoms with Gasteiger partial charge in [-0.05, 0) is 49.1 Å². The molecule has 0 unspecified atom stereocenters. The molecule has 1 N–H and O–H groups in total. The van der Waals surface area contributed by atoms with Gasteiger partial charge < -0.3 is 5.32 Å². The van der Waals surface area contributed by atoms with E-state index in [1.807, 2.05) is 0 Å². The van der Waals surface area contributed by atoms with Crippen molar-refractivity contribution in [3.63, 3.8) is 0 Å². The Balaban J connectivity index is 1.58. The molecular formula is C21H21ClF4N2O3S. The lowest BCUT2D eigenvalue weighted by Gasteiger charge is -2.30. The third kappa shape index (κ3) is 5.60. The van der Waals surface area contributed by atoms with Crippen molar-refractivity contribution in [2.45, 2.75) is 30.3 Å². The number of rotatable bonds is 6. The molecule has 1 aliphatic rings. The summed E-state index contributed by atoms with van der Waals surface area (Å²) in [5.74, 6) is -1.04. The van der Waals surface area contributed by atoms with Crippen molar-refractivity contribution in [1.29, 1.82) is 0 Å². The number of nitrogens with zero attached hydrogens (tertiary/aromatic N) is 1. The van der Waals surface area contributed by atoms with E-state index in [1.54, 1.807) is 18.2 Å². The zero-order valence-electron chi connectivity index (χ0n) is 16.8. The highest BCUT2D eigenvalue weighted by molar-refractivity contribution is 7.89. The summed E-state index contributed by atoms with van der Waals surface area (Å²) in [7, 11) is -4.17. The van der Waals surface area contributed by atoms with Crippen LogP contribution < -0.4 is 5.32 Å². The monoisotopic (exact) mass is 492 g/mol. The number of amides is 1. The van der Waals surface area contributed by atoms with Gasteiger partial charge in [-0.1, -0.05) is 29.8 Å². The van der Waals surface area contributed by atoms with Crippen LogP contribution in [0.15, 0.2) is 47.4 Å². The minimum Gasteiger partial charge on any atom is -0.356 e. The summed E-state index contributed by atoms with van der Waals surface area (Å²) in [5.41, 5.74) is -0.737. The summed E-state index contributed by atoms with van der Waals surface area (Å²) >= 11 is 5.57. The van der Waals surface area contributed by atoms with E-state index in [4.69, 9.17) is 11.6 Å². The molecule has 3 rings (SSSR count). The highest BCUT2D eigenvalue weighted by Crippen LogP contribution is 2.36. The molecule has 2 aromatic rings. The molecule has 174 valence electrons. The number of carbonyl (C=O) groups is 1. The summed E-state index contributed by atoms with van der Waals surface area (Å²) < 4.78 is 79.5. The van der Waals surface area contributed by atoms with Crippen LogP contribution in [0.5, 0.6) is 0 Å². The third-order valence-electron chi connectivity index (χ3n) is 5.36. The molecule has 1 aliphatic heterocycles. The van der Waals surface area contributed by atoms with Crippen LogP contribution >= 0.6 is 11.6 Å². The van der Waals surface area contributed by atoms with Crippen molar-refractivity contribution in [3.8, 4) is 0 Å². The van der Waals surface area contributed by atoms with Gasteiger partial charge in [0.1, 0.15) is 5.82 Å². The molecule has 32 heavy (non-hydrogen) atoms. The Morgan fingerprint density at radius 3 is 2.41 bits per heavy atom. The lowest BCUT2D eigenvalue weighted by Crippen LogP contribution is -2.43. The van der Waals surface area contributed by atoms with E-state index in [9.17, 15) is 30.8 Å². The highest BCUT2D eigenvalue weighted by atomic mass is 35.5. The van der Waals surface area contributed by atoms with E-state index in [0.29, 0.717) is 18.1 Å². The minimum absolute atomic E-state index is 0.00227. The second-order valence-electron chi connectivity index (χ2n) is 7.45. The number of piperidine rings is 1. The fourth-order valence-corrected chi connectivity index (χ4v) is 5.28. The first-order chi connectivity index (χ1) is 15.0. The zero-order valence-corrected chi connectivity index (χ0v) is 18.4. The maximum atomic E-state index is 13.6. The molecule has 11 heteroatoms. The van der Waals surface area contributed by atoms with E-state index in [-0.39, 0.29) is 44.2 Å². The van der Waals surface area contributed by atoms with Crippen molar-refractivity contribution >= 4 is 27.5 Å². The summed E-state index contributed by atoms with van der Waals surface area (Å²) in [6, 6.07) is 8.72. The standard InChI is InChI=1S/C21H21ClF4N2O3S/c22-18-6-5-16(13-17(18)21(24,25)26)32(30,31)28-11-8-15(9-12-28)20(29)27-10-7-14-3-1-2-4-19(14)23/h1-6,13,15H,7-12H2,(H,27,29). The number of carbonyl (C=O) groups excluding carboxylic acids is 1. The van der Waals surface area contributed by atoms with Crippen molar-refractivity contribution in [2.75, 3.05) is 19.6 Å². The van der Waals surface area contributed by atoms with Gasteiger partial charge in [0.25, 0.3) is 0 Å². The summed E-state index contributed by atoms with van der Waals surface area (Å²) in [4.78, 5) is 11.9. The quantitative estimate of drug-likeness (QED) is 0.613. The van der Waals surface area contributed by atoms with Gasteiger partial charge in [0.2, 0.25) is 15.9 Å². The Morgan fingerprint density at radius 1 is 1.12 bits per heavy atom. The van der Waals surface area contributed by atoms with Gasteiger partial charge in [-0.15, -0.1) is 0 Å². The van der Waals surface area contributed by atoms with Gasteiger partial charge in [0.15, 0.2) is 0 Å². The predicted octanol–water partition coefficient (Wildman–Crippen LogP) is 4.26. The molecule has 0 radical (unpaired) electrons. The molecule has 0 saturated carbocycles. The van der Waals surface area contributed by atoms with Crippen molar-refractivity contribution < 1.29 is 30.8 Å². The van der Waals surface area contributed by atoms with Crippen LogP contribution in [0.4, 0.5) is 17.6 Å². The Morgan fingerprint density at radius 2 is 1.78 bits per heavy atom. The van der Waals surface area contributed by atoms with Gasteiger partial charge in [0.05, 0.1) is 15.5 Å². The highest BCUT2D eigenvalue weighted by Gasteiger charge is 2.37. The molecule has 5 nitrogen and oxygen atoms in total. The van der Waals surface area contributed by atoms with Crippen LogP contribution in [-0.4, -0.2) is 38.3 Å². The largest absolute Gasteiger partial charge is 0.417 e. The van der Waals surface area contributed by atoms with Gasteiger partial charge in [-0.3, -0.25) is 4.79 Å². The lowest BCUT2D eigenvalue weighted by atomic mass is 9.97. The molecule has 0 spiro atoms. The lowest BCUT2D eigenvalue weighted by molar-refractivity contribution is -0.137. The Hall–Kier alpha value is -2.17. The molecule has 1 amide bonds. The predicted molar refractivity (Wildman–Crippen MR) is 111 cm³/mol. The molecule has 0 aliphatic carbocycles. The van der Waals surface area contributed by atoms with E-state index in [0.717, 1.165) is 16.4 Å². The third-order valence-corrected chi connectivity index (χ3v) is 7.58. The van der Waals surface area contributed by atoms with Gasteiger partial charge in [-0.25, -0.2) is 12.8 Å². The fourth-order valence-electron chi connectivity index (χ4n) is 3.56. The number of alkyl halides is 3. The second kappa shape index (κ2) is 9.76. The molecule has 0 bridgehead atoms. The minimum atomic E-state index is -4.78. The summed E-state index contributed by atoms with van der Waals surface area (Å²) in [5, 5.41) is 2.15. The van der Waals surface area contributed by atoms with Crippen LogP contribution in [0, 0.1) is 11.7 Å². The Bertz CT molecular complexity index is 1080. The van der Waals surface area contributed by atoms with E-state index in [2.05, 4.69) is 5.32 Å². The number of halogens is 5. The molecule has 1 saturated heterocycles. The van der Waals surface area contributed by atoms with Crippen LogP contribution in [0.3, 0.4) is 0 Å². The van der Waals surface area contributed by atoms with Crippen LogP contribution in [-0.2, 0) is 27.4 Å². The fraction of sp³-hybridized carbons (Fsp3) is 0.381. The molecule has 1 fully saturated rings. The molecular weight excluding hydrogens is 472 g/mol. The molecule has 0 aromatic heterocycles. The first kappa shape index (κ1) is 24.5. The topological polar surface area (TPSA) is 66.5 Å². The number of hydrogen-bond donors (Lipinski definition) is 1. The number of nitrogens with one attached hydrogen (secondary N) is 1. The first-order valence-electron chi connectivity index (χ1n) is 9.88. The maximum Gasteiger partial charge on any atom is 0.417 e. The van der Waals surface area contributed by atoms with Crippen molar-refractivity contribution in [1.82, 2.24) is 9.62 Å². The van der Waals surface area contributed by atoms with Crippen LogP contribution in [0.25, 0.3) is 0 Å². The second-order valence-corrected chi connectivity index (χ2v) is 9.80. The van der Waals surface area contributed by atoms with Gasteiger partial charge in [-0.2, -0.15) is 17.5 Å². The zero-order chi connectivity index (χ0) is 23.5. The van der Waals surface area contributed by atoms with E-state index >= 15 is 0 Å². The smallest absolute Gasteiger partial charge is 0.356 e. The number of benzene rings is 2. The summed E-state index contributed by atoms with van der Waals surface area (Å²) in [6.45, 7) is 0.235. The van der Waals surface area contributed by atoms with Crippen molar-refractivity contribution in [3.05, 3.63) is 64.4 Å². The number of sulfonamides is 1. The van der Waals surface area contributed by atoms with E-state index in [1.165, 1.54) is 6.07 Å². The SMILES string of the molecule is O=C(NCCc1ccccc1F)C1CCN(S(=O)(=O)c2ccc(Cl)c(C(F)(F)F)c2)CC1. The molecule has 2 aromatic carbocycles. The normalized spacial score (nSPS) is 16.2. The van der Waals surface area contributed by atoms with Crippen molar-refractivity contribution in [2.24, 2.45) is 5.92 Å². The summed E-state index contributed by atoms with van der Waals surface area (Å²) in [6.07, 6.45) is -4.00. The first-order valence-corrected chi connectivity index (χ1v) is 11.7. The number of hydrogen-bond acceptors (Lipinski definition) is 3. The Kier molecular flexibility index (Phi) is 7.46. The van der Waals surface area contributed by atoms with Gasteiger partial charge >= 0.3 is 6.18 Å².